The van der Waals surface area contributed by atoms with Crippen molar-refractivity contribution in [2.45, 2.75) is 6.92 Å². The van der Waals surface area contributed by atoms with Gasteiger partial charge in [-0.15, -0.1) is 5.92 Å². The van der Waals surface area contributed by atoms with E-state index in [1.165, 1.54) is 12.1 Å². The van der Waals surface area contributed by atoms with Gasteiger partial charge in [-0.05, 0) is 25.1 Å². The second kappa shape index (κ2) is 4.58. The van der Waals surface area contributed by atoms with Crippen molar-refractivity contribution in [2.75, 3.05) is 11.9 Å². The summed E-state index contributed by atoms with van der Waals surface area (Å²) in [6, 6.07) is 4.88. The van der Waals surface area contributed by atoms with E-state index >= 15 is 0 Å². The maximum Gasteiger partial charge on any atom is 0.335 e. The van der Waals surface area contributed by atoms with Crippen LogP contribution in [0, 0.1) is 11.8 Å². The molecule has 5 nitrogen and oxygen atoms in total. The normalized spacial score (nSPS) is 9.71. The molecule has 0 aliphatic rings. The van der Waals surface area contributed by atoms with Gasteiger partial charge in [0.05, 0.1) is 12.1 Å². The van der Waals surface area contributed by atoms with Gasteiger partial charge in [-0.1, -0.05) is 5.92 Å². The summed E-state index contributed by atoms with van der Waals surface area (Å²) in [5, 5.41) is 11.7. The minimum absolute atomic E-state index is 0.175. The molecule has 0 bridgehead atoms. The number of rotatable bonds is 3. The smallest absolute Gasteiger partial charge is 0.335 e. The van der Waals surface area contributed by atoms with Crippen LogP contribution in [0.3, 0.4) is 0 Å². The maximum atomic E-state index is 10.8. The highest BCUT2D eigenvalue weighted by Gasteiger charge is 2.08. The molecule has 0 unspecified atom stereocenters. The number of anilines is 1. The first-order valence-corrected chi connectivity index (χ1v) is 4.98. The van der Waals surface area contributed by atoms with E-state index in [1.54, 1.807) is 13.0 Å². The van der Waals surface area contributed by atoms with Crippen molar-refractivity contribution >= 4 is 23.1 Å². The summed E-state index contributed by atoms with van der Waals surface area (Å²) in [6.07, 6.45) is 0. The number of nitrogens with one attached hydrogen (secondary N) is 1. The molecule has 1 aromatic carbocycles. The highest BCUT2D eigenvalue weighted by atomic mass is 16.4. The maximum absolute atomic E-state index is 10.8. The van der Waals surface area contributed by atoms with Crippen molar-refractivity contribution in [3.63, 3.8) is 0 Å². The van der Waals surface area contributed by atoms with E-state index in [-0.39, 0.29) is 5.56 Å². The van der Waals surface area contributed by atoms with Crippen molar-refractivity contribution in [1.29, 1.82) is 0 Å². The van der Waals surface area contributed by atoms with E-state index < -0.39 is 5.97 Å². The van der Waals surface area contributed by atoms with Crippen molar-refractivity contribution in [3.8, 4) is 11.8 Å². The first kappa shape index (κ1) is 11.0. The molecule has 0 saturated carbocycles. The molecule has 0 spiro atoms. The number of carboxylic acids is 1. The predicted molar refractivity (Wildman–Crippen MR) is 62.9 cm³/mol. The Labute approximate surface area is 97.5 Å². The summed E-state index contributed by atoms with van der Waals surface area (Å²) < 4.78 is 5.35. The average Bonchev–Trinajstić information content (AvgIpc) is 2.70. The van der Waals surface area contributed by atoms with Crippen LogP contribution < -0.4 is 5.32 Å². The van der Waals surface area contributed by atoms with Gasteiger partial charge in [-0.3, -0.25) is 0 Å². The lowest BCUT2D eigenvalue weighted by atomic mass is 10.2. The van der Waals surface area contributed by atoms with Gasteiger partial charge in [-0.25, -0.2) is 4.79 Å². The van der Waals surface area contributed by atoms with Crippen molar-refractivity contribution in [2.24, 2.45) is 0 Å². The number of aromatic carboxylic acids is 1. The Bertz CT molecular complexity index is 619. The van der Waals surface area contributed by atoms with Gasteiger partial charge in [0, 0.05) is 0 Å². The van der Waals surface area contributed by atoms with Crippen LogP contribution in [0.5, 0.6) is 0 Å². The molecule has 0 aliphatic carbocycles. The van der Waals surface area contributed by atoms with E-state index in [4.69, 9.17) is 9.52 Å². The van der Waals surface area contributed by atoms with Crippen molar-refractivity contribution in [1.82, 2.24) is 4.98 Å². The van der Waals surface area contributed by atoms with Gasteiger partial charge in [0.25, 0.3) is 6.01 Å². The molecule has 0 aliphatic heterocycles. The van der Waals surface area contributed by atoms with Crippen LogP contribution in [0.1, 0.15) is 17.3 Å². The fourth-order valence-corrected chi connectivity index (χ4v) is 1.34. The zero-order valence-electron chi connectivity index (χ0n) is 9.15. The van der Waals surface area contributed by atoms with Crippen LogP contribution in [-0.2, 0) is 0 Å². The SMILES string of the molecule is CC#CCNc1nc2ccc(C(=O)O)cc2o1. The minimum Gasteiger partial charge on any atom is -0.478 e. The summed E-state index contributed by atoms with van der Waals surface area (Å²) in [5.74, 6) is 4.56. The van der Waals surface area contributed by atoms with Gasteiger partial charge < -0.3 is 14.8 Å². The van der Waals surface area contributed by atoms with E-state index in [9.17, 15) is 4.79 Å². The van der Waals surface area contributed by atoms with E-state index in [0.717, 1.165) is 0 Å². The monoisotopic (exact) mass is 230 g/mol. The molecule has 0 atom stereocenters. The van der Waals surface area contributed by atoms with Crippen LogP contribution in [-0.4, -0.2) is 22.6 Å². The molecule has 0 amide bonds. The van der Waals surface area contributed by atoms with Crippen LogP contribution in [0.15, 0.2) is 22.6 Å². The number of nitrogens with zero attached hydrogens (tertiary/aromatic N) is 1. The standard InChI is InChI=1S/C12H10N2O3/c1-2-3-6-13-12-14-9-5-4-8(11(15)16)7-10(9)17-12/h4-5,7H,6H2,1H3,(H,13,14)(H,15,16). The molecule has 17 heavy (non-hydrogen) atoms. The first-order valence-electron chi connectivity index (χ1n) is 4.98. The Kier molecular flexibility index (Phi) is 2.97. The lowest BCUT2D eigenvalue weighted by Crippen LogP contribution is -1.97. The minimum atomic E-state index is -0.991. The van der Waals surface area contributed by atoms with Gasteiger partial charge in [-0.2, -0.15) is 4.98 Å². The Morgan fingerprint density at radius 3 is 3.12 bits per heavy atom. The summed E-state index contributed by atoms with van der Waals surface area (Å²) in [5.41, 5.74) is 1.23. The Morgan fingerprint density at radius 2 is 2.41 bits per heavy atom. The molecular weight excluding hydrogens is 220 g/mol. The number of hydrogen-bond donors (Lipinski definition) is 2. The second-order valence-corrected chi connectivity index (χ2v) is 3.29. The number of aromatic nitrogens is 1. The van der Waals surface area contributed by atoms with E-state index in [2.05, 4.69) is 22.1 Å². The molecule has 86 valence electrons. The van der Waals surface area contributed by atoms with Crippen LogP contribution >= 0.6 is 0 Å². The molecule has 0 radical (unpaired) electrons. The first-order chi connectivity index (χ1) is 8.20. The largest absolute Gasteiger partial charge is 0.478 e. The molecule has 2 aromatic rings. The summed E-state index contributed by atoms with van der Waals surface area (Å²) in [4.78, 5) is 14.9. The predicted octanol–water partition coefficient (Wildman–Crippen LogP) is 1.96. The van der Waals surface area contributed by atoms with E-state index in [1.807, 2.05) is 0 Å². The van der Waals surface area contributed by atoms with Crippen LogP contribution in [0.4, 0.5) is 6.01 Å². The zero-order valence-corrected chi connectivity index (χ0v) is 9.15. The zero-order chi connectivity index (χ0) is 12.3. The number of fused-ring (bicyclic) bond motifs is 1. The fraction of sp³-hybridized carbons (Fsp3) is 0.167. The number of carbonyl (C=O) groups is 1. The van der Waals surface area contributed by atoms with Crippen LogP contribution in [0.2, 0.25) is 0 Å². The highest BCUT2D eigenvalue weighted by molar-refractivity contribution is 5.92. The number of hydrogen-bond acceptors (Lipinski definition) is 4. The Hall–Kier alpha value is -2.48. The molecular formula is C12H10N2O3. The number of benzene rings is 1. The lowest BCUT2D eigenvalue weighted by Gasteiger charge is -1.92. The third-order valence-corrected chi connectivity index (χ3v) is 2.14. The van der Waals surface area contributed by atoms with Gasteiger partial charge >= 0.3 is 5.97 Å². The molecule has 0 fully saturated rings. The number of oxazole rings is 1. The van der Waals surface area contributed by atoms with Crippen molar-refractivity contribution in [3.05, 3.63) is 23.8 Å². The topological polar surface area (TPSA) is 75.4 Å². The third-order valence-electron chi connectivity index (χ3n) is 2.14. The summed E-state index contributed by atoms with van der Waals surface area (Å²) >= 11 is 0. The molecule has 5 heteroatoms. The molecule has 0 saturated heterocycles. The quantitative estimate of drug-likeness (QED) is 0.788. The molecule has 2 rings (SSSR count). The molecule has 1 heterocycles. The van der Waals surface area contributed by atoms with Crippen LogP contribution in [0.25, 0.3) is 11.1 Å². The Balaban J connectivity index is 2.29. The number of carboxylic acid groups (broad SMARTS) is 1. The molecule has 2 N–H and O–H groups in total. The highest BCUT2D eigenvalue weighted by Crippen LogP contribution is 2.19. The lowest BCUT2D eigenvalue weighted by molar-refractivity contribution is 0.0697. The third kappa shape index (κ3) is 2.37. The Morgan fingerprint density at radius 1 is 1.59 bits per heavy atom. The fourth-order valence-electron chi connectivity index (χ4n) is 1.34. The van der Waals surface area contributed by atoms with Gasteiger partial charge in [0.1, 0.15) is 5.52 Å². The van der Waals surface area contributed by atoms with Gasteiger partial charge in [0.2, 0.25) is 0 Å². The van der Waals surface area contributed by atoms with Crippen molar-refractivity contribution < 1.29 is 14.3 Å². The average molecular weight is 230 g/mol. The second-order valence-electron chi connectivity index (χ2n) is 3.29. The molecule has 1 aromatic heterocycles. The van der Waals surface area contributed by atoms with Gasteiger partial charge in [0.15, 0.2) is 5.58 Å². The summed E-state index contributed by atoms with van der Waals surface area (Å²) in [6.45, 7) is 2.18. The van der Waals surface area contributed by atoms with E-state index in [0.29, 0.717) is 23.7 Å². The summed E-state index contributed by atoms with van der Waals surface area (Å²) in [7, 11) is 0.